The fourth-order valence-electron chi connectivity index (χ4n) is 2.81. The summed E-state index contributed by atoms with van der Waals surface area (Å²) in [6.45, 7) is 3.98. The Morgan fingerprint density at radius 2 is 1.72 bits per heavy atom. The lowest BCUT2D eigenvalue weighted by Crippen LogP contribution is -2.16. The van der Waals surface area contributed by atoms with Gasteiger partial charge in [0.25, 0.3) is 5.91 Å². The summed E-state index contributed by atoms with van der Waals surface area (Å²) in [7, 11) is 3.91. The molecule has 0 aliphatic rings. The van der Waals surface area contributed by atoms with Crippen LogP contribution in [0.5, 0.6) is 0 Å². The van der Waals surface area contributed by atoms with E-state index < -0.39 is 0 Å². The second-order valence-corrected chi connectivity index (χ2v) is 6.25. The van der Waals surface area contributed by atoms with E-state index in [9.17, 15) is 4.79 Å². The van der Waals surface area contributed by atoms with E-state index in [2.05, 4.69) is 10.4 Å². The number of hydrogen-bond acceptors (Lipinski definition) is 3. The van der Waals surface area contributed by atoms with Crippen LogP contribution in [0.2, 0.25) is 0 Å². The van der Waals surface area contributed by atoms with E-state index in [0.717, 1.165) is 28.5 Å². The van der Waals surface area contributed by atoms with Crippen molar-refractivity contribution in [3.05, 3.63) is 71.5 Å². The smallest absolute Gasteiger partial charge is 0.255 e. The largest absolute Gasteiger partial charge is 0.376 e. The van der Waals surface area contributed by atoms with Crippen molar-refractivity contribution in [3.8, 4) is 5.69 Å². The van der Waals surface area contributed by atoms with Crippen LogP contribution in [0.15, 0.2) is 54.6 Å². The minimum absolute atomic E-state index is 0.130. The molecule has 0 atom stereocenters. The number of hydrogen-bond donors (Lipinski definition) is 1. The molecule has 0 saturated carbocycles. The van der Waals surface area contributed by atoms with Crippen molar-refractivity contribution >= 4 is 17.3 Å². The van der Waals surface area contributed by atoms with E-state index in [0.29, 0.717) is 5.56 Å². The van der Waals surface area contributed by atoms with Crippen molar-refractivity contribution in [3.63, 3.8) is 0 Å². The predicted molar refractivity (Wildman–Crippen MR) is 102 cm³/mol. The van der Waals surface area contributed by atoms with Gasteiger partial charge in [0, 0.05) is 25.4 Å². The third-order valence-corrected chi connectivity index (χ3v) is 4.02. The summed E-state index contributed by atoms with van der Waals surface area (Å²) in [5.74, 6) is -0.130. The van der Waals surface area contributed by atoms with Gasteiger partial charge in [-0.25, -0.2) is 4.68 Å². The van der Waals surface area contributed by atoms with Crippen LogP contribution in [0, 0.1) is 13.8 Å². The van der Waals surface area contributed by atoms with Crippen molar-refractivity contribution in [1.29, 1.82) is 0 Å². The third kappa shape index (κ3) is 3.55. The van der Waals surface area contributed by atoms with Crippen LogP contribution >= 0.6 is 0 Å². The molecule has 0 unspecified atom stereocenters. The van der Waals surface area contributed by atoms with Crippen molar-refractivity contribution in [1.82, 2.24) is 9.78 Å². The average molecular weight is 334 g/mol. The molecule has 1 heterocycles. The Kier molecular flexibility index (Phi) is 4.57. The molecule has 25 heavy (non-hydrogen) atoms. The number of benzene rings is 2. The first-order chi connectivity index (χ1) is 12.0. The van der Waals surface area contributed by atoms with Gasteiger partial charge >= 0.3 is 0 Å². The van der Waals surface area contributed by atoms with Crippen molar-refractivity contribution in [2.45, 2.75) is 13.8 Å². The standard InChI is InChI=1S/C20H22N4O/c1-14-13-15(2)24(22-14)17-11-9-16(10-12-17)20(25)21-18-7-5-6-8-19(18)23(3)4/h5-13H,1-4H3,(H,21,25). The molecule has 0 saturated heterocycles. The molecule has 5 heteroatoms. The van der Waals surface area contributed by atoms with Crippen molar-refractivity contribution in [2.24, 2.45) is 0 Å². The summed E-state index contributed by atoms with van der Waals surface area (Å²) in [4.78, 5) is 14.5. The number of carbonyl (C=O) groups is 1. The highest BCUT2D eigenvalue weighted by Gasteiger charge is 2.11. The molecule has 0 spiro atoms. The van der Waals surface area contributed by atoms with Crippen LogP contribution in [0.1, 0.15) is 21.7 Å². The molecule has 0 bridgehead atoms. The van der Waals surface area contributed by atoms with Crippen LogP contribution in [0.4, 0.5) is 11.4 Å². The molecule has 3 aromatic rings. The average Bonchev–Trinajstić information content (AvgIpc) is 2.93. The van der Waals surface area contributed by atoms with Gasteiger partial charge in [-0.1, -0.05) is 12.1 Å². The molecular weight excluding hydrogens is 312 g/mol. The van der Waals surface area contributed by atoms with Gasteiger partial charge in [0.1, 0.15) is 0 Å². The summed E-state index contributed by atoms with van der Waals surface area (Å²) in [5.41, 5.74) is 5.35. The van der Waals surface area contributed by atoms with Crippen LogP contribution < -0.4 is 10.2 Å². The first-order valence-electron chi connectivity index (χ1n) is 8.17. The summed E-state index contributed by atoms with van der Waals surface area (Å²) in [6, 6.07) is 17.2. The minimum atomic E-state index is -0.130. The fraction of sp³-hybridized carbons (Fsp3) is 0.200. The lowest BCUT2D eigenvalue weighted by atomic mass is 10.1. The molecule has 5 nitrogen and oxygen atoms in total. The normalized spacial score (nSPS) is 10.6. The zero-order valence-corrected chi connectivity index (χ0v) is 14.9. The molecule has 0 fully saturated rings. The Hall–Kier alpha value is -3.08. The zero-order valence-electron chi connectivity index (χ0n) is 14.9. The quantitative estimate of drug-likeness (QED) is 0.789. The number of para-hydroxylation sites is 2. The molecule has 128 valence electrons. The number of aryl methyl sites for hydroxylation is 2. The first kappa shape index (κ1) is 16.8. The molecule has 0 aliphatic carbocycles. The summed E-state index contributed by atoms with van der Waals surface area (Å²) in [6.07, 6.45) is 0. The van der Waals surface area contributed by atoms with Crippen molar-refractivity contribution in [2.75, 3.05) is 24.3 Å². The number of nitrogens with zero attached hydrogens (tertiary/aromatic N) is 3. The number of rotatable bonds is 4. The van der Waals surface area contributed by atoms with Crippen LogP contribution in [0.3, 0.4) is 0 Å². The van der Waals surface area contributed by atoms with E-state index in [1.54, 1.807) is 0 Å². The SMILES string of the molecule is Cc1cc(C)n(-c2ccc(C(=O)Nc3ccccc3N(C)C)cc2)n1. The maximum Gasteiger partial charge on any atom is 0.255 e. The number of carbonyl (C=O) groups excluding carboxylic acids is 1. The van der Waals surface area contributed by atoms with E-state index in [1.165, 1.54) is 0 Å². The third-order valence-electron chi connectivity index (χ3n) is 4.02. The van der Waals surface area contributed by atoms with Gasteiger partial charge in [0.05, 0.1) is 22.8 Å². The number of aromatic nitrogens is 2. The van der Waals surface area contributed by atoms with E-state index in [-0.39, 0.29) is 5.91 Å². The maximum atomic E-state index is 12.6. The Morgan fingerprint density at radius 3 is 2.32 bits per heavy atom. The summed E-state index contributed by atoms with van der Waals surface area (Å²) in [5, 5.41) is 7.44. The minimum Gasteiger partial charge on any atom is -0.376 e. The predicted octanol–water partition coefficient (Wildman–Crippen LogP) is 3.81. The zero-order chi connectivity index (χ0) is 18.0. The second kappa shape index (κ2) is 6.81. The molecule has 2 aromatic carbocycles. The van der Waals surface area contributed by atoms with E-state index >= 15 is 0 Å². The molecule has 3 rings (SSSR count). The molecule has 1 aromatic heterocycles. The fourth-order valence-corrected chi connectivity index (χ4v) is 2.81. The Labute approximate surface area is 147 Å². The topological polar surface area (TPSA) is 50.2 Å². The molecular formula is C20H22N4O. The highest BCUT2D eigenvalue weighted by molar-refractivity contribution is 6.06. The molecule has 0 radical (unpaired) electrons. The van der Waals surface area contributed by atoms with Crippen molar-refractivity contribution < 1.29 is 4.79 Å². The maximum absolute atomic E-state index is 12.6. The van der Waals surface area contributed by atoms with Gasteiger partial charge in [0.15, 0.2) is 0 Å². The number of nitrogens with one attached hydrogen (secondary N) is 1. The Balaban J connectivity index is 1.81. The second-order valence-electron chi connectivity index (χ2n) is 6.25. The molecule has 0 aliphatic heterocycles. The van der Waals surface area contributed by atoms with Crippen LogP contribution in [-0.4, -0.2) is 29.8 Å². The monoisotopic (exact) mass is 334 g/mol. The first-order valence-corrected chi connectivity index (χ1v) is 8.17. The van der Waals surface area contributed by atoms with Gasteiger partial charge < -0.3 is 10.2 Å². The Bertz CT molecular complexity index is 894. The number of amides is 1. The van der Waals surface area contributed by atoms with Crippen LogP contribution in [-0.2, 0) is 0 Å². The number of anilines is 2. The molecule has 1 amide bonds. The van der Waals surface area contributed by atoms with Gasteiger partial charge in [-0.3, -0.25) is 4.79 Å². The summed E-state index contributed by atoms with van der Waals surface area (Å²) < 4.78 is 1.87. The van der Waals surface area contributed by atoms with Gasteiger partial charge in [-0.05, 0) is 56.3 Å². The van der Waals surface area contributed by atoms with Crippen LogP contribution in [0.25, 0.3) is 5.69 Å². The highest BCUT2D eigenvalue weighted by Crippen LogP contribution is 2.24. The summed E-state index contributed by atoms with van der Waals surface area (Å²) >= 11 is 0. The van der Waals surface area contributed by atoms with Gasteiger partial charge in [-0.15, -0.1) is 0 Å². The Morgan fingerprint density at radius 1 is 1.04 bits per heavy atom. The molecule has 1 N–H and O–H groups in total. The van der Waals surface area contributed by atoms with Gasteiger partial charge in [0.2, 0.25) is 0 Å². The van der Waals surface area contributed by atoms with E-state index in [4.69, 9.17) is 0 Å². The van der Waals surface area contributed by atoms with Gasteiger partial charge in [-0.2, -0.15) is 5.10 Å². The highest BCUT2D eigenvalue weighted by atomic mass is 16.1. The van der Waals surface area contributed by atoms with E-state index in [1.807, 2.05) is 92.1 Å². The lowest BCUT2D eigenvalue weighted by molar-refractivity contribution is 0.102. The lowest BCUT2D eigenvalue weighted by Gasteiger charge is -2.17.